The molecule has 3 aromatic rings. The van der Waals surface area contributed by atoms with E-state index >= 15 is 0 Å². The number of hydrogen-bond acceptors (Lipinski definition) is 4. The molecule has 0 unspecified atom stereocenters. The Morgan fingerprint density at radius 1 is 1.19 bits per heavy atom. The van der Waals surface area contributed by atoms with Gasteiger partial charge in [0.2, 0.25) is 0 Å². The van der Waals surface area contributed by atoms with E-state index in [0.29, 0.717) is 16.5 Å². The quantitative estimate of drug-likeness (QED) is 0.491. The lowest BCUT2D eigenvalue weighted by molar-refractivity contribution is 0.414. The third-order valence-corrected chi connectivity index (χ3v) is 5.06. The first-order valence-corrected chi connectivity index (χ1v) is 9.78. The number of para-hydroxylation sites is 1. The van der Waals surface area contributed by atoms with Gasteiger partial charge in [-0.25, -0.2) is 4.98 Å². The highest BCUT2D eigenvalue weighted by atomic mass is 32.1. The lowest BCUT2D eigenvalue weighted by Crippen LogP contribution is -1.93. The smallest absolute Gasteiger partial charge is 0.134 e. The van der Waals surface area contributed by atoms with Gasteiger partial charge >= 0.3 is 0 Å². The van der Waals surface area contributed by atoms with Crippen LogP contribution >= 0.6 is 11.3 Å². The Morgan fingerprint density at radius 2 is 1.93 bits per heavy atom. The molecule has 3 rings (SSSR count). The van der Waals surface area contributed by atoms with Gasteiger partial charge in [0.25, 0.3) is 0 Å². The first kappa shape index (κ1) is 18.9. The van der Waals surface area contributed by atoms with Crippen LogP contribution in [0.4, 0.5) is 0 Å². The fraction of sp³-hybridized carbons (Fsp3) is 0.217. The number of ether oxygens (including phenoxy) is 1. The first-order chi connectivity index (χ1) is 13.1. The van der Waals surface area contributed by atoms with E-state index in [0.717, 1.165) is 29.0 Å². The second kappa shape index (κ2) is 8.66. The van der Waals surface area contributed by atoms with Gasteiger partial charge in [-0.3, -0.25) is 0 Å². The summed E-state index contributed by atoms with van der Waals surface area (Å²) >= 11 is 1.48. The molecule has 1 heterocycles. The third-order valence-electron chi connectivity index (χ3n) is 4.19. The Labute approximate surface area is 164 Å². The highest BCUT2D eigenvalue weighted by molar-refractivity contribution is 7.11. The fourth-order valence-electron chi connectivity index (χ4n) is 2.90. The zero-order chi connectivity index (χ0) is 19.2. The highest BCUT2D eigenvalue weighted by Gasteiger charge is 2.10. The number of allylic oxidation sites excluding steroid dienone is 1. The van der Waals surface area contributed by atoms with Crippen molar-refractivity contribution < 1.29 is 4.74 Å². The summed E-state index contributed by atoms with van der Waals surface area (Å²) in [5.74, 6) is 1.38. The Balaban J connectivity index is 1.87. The number of nitriles is 1. The van der Waals surface area contributed by atoms with Gasteiger partial charge < -0.3 is 4.74 Å². The first-order valence-electron chi connectivity index (χ1n) is 8.90. The van der Waals surface area contributed by atoms with Crippen LogP contribution in [0.1, 0.15) is 30.0 Å². The van der Waals surface area contributed by atoms with Crippen molar-refractivity contribution in [3.05, 3.63) is 70.0 Å². The van der Waals surface area contributed by atoms with Crippen LogP contribution in [0.2, 0.25) is 0 Å². The Bertz CT molecular complexity index is 978. The Morgan fingerprint density at radius 3 is 2.59 bits per heavy atom. The number of aromatic nitrogens is 1. The summed E-state index contributed by atoms with van der Waals surface area (Å²) in [6, 6.07) is 18.4. The van der Waals surface area contributed by atoms with Crippen LogP contribution in [0, 0.1) is 17.2 Å². The van der Waals surface area contributed by atoms with E-state index in [1.807, 2.05) is 35.7 Å². The number of hydrogen-bond donors (Lipinski definition) is 0. The number of rotatable bonds is 6. The van der Waals surface area contributed by atoms with Crippen LogP contribution in [0.15, 0.2) is 53.9 Å². The summed E-state index contributed by atoms with van der Waals surface area (Å²) in [5, 5.41) is 12.3. The molecule has 0 saturated carbocycles. The second-order valence-corrected chi connectivity index (χ2v) is 7.60. The van der Waals surface area contributed by atoms with E-state index in [2.05, 4.69) is 49.2 Å². The molecule has 136 valence electrons. The van der Waals surface area contributed by atoms with Gasteiger partial charge in [0.15, 0.2) is 0 Å². The molecule has 0 atom stereocenters. The predicted octanol–water partition coefficient (Wildman–Crippen LogP) is 6.08. The van der Waals surface area contributed by atoms with Crippen molar-refractivity contribution in [3.8, 4) is 23.1 Å². The Hall–Kier alpha value is -2.90. The molecule has 0 spiro atoms. The van der Waals surface area contributed by atoms with Crippen LogP contribution in [-0.4, -0.2) is 12.1 Å². The predicted molar refractivity (Wildman–Crippen MR) is 113 cm³/mol. The maximum atomic E-state index is 9.61. The van der Waals surface area contributed by atoms with Gasteiger partial charge in [-0.1, -0.05) is 56.3 Å². The van der Waals surface area contributed by atoms with E-state index in [9.17, 15) is 5.26 Å². The standard InChI is InChI=1S/C23H22N2OS/c1-16(2)12-17-8-10-18(11-9-17)21-15-27-23(25-21)20(14-24)13-19-6-4-5-7-22(19)26-3/h4-11,13,15-16H,12H2,1-3H3. The molecule has 4 heteroatoms. The number of benzene rings is 2. The van der Waals surface area contributed by atoms with Crippen LogP contribution in [-0.2, 0) is 6.42 Å². The fourth-order valence-corrected chi connectivity index (χ4v) is 3.69. The molecule has 0 fully saturated rings. The minimum atomic E-state index is 0.534. The maximum Gasteiger partial charge on any atom is 0.134 e. The van der Waals surface area contributed by atoms with Crippen LogP contribution in [0.5, 0.6) is 5.75 Å². The van der Waals surface area contributed by atoms with E-state index in [1.165, 1.54) is 16.9 Å². The Kier molecular flexibility index (Phi) is 6.05. The van der Waals surface area contributed by atoms with E-state index in [4.69, 9.17) is 4.74 Å². The van der Waals surface area contributed by atoms with Crippen molar-refractivity contribution in [1.29, 1.82) is 5.26 Å². The molecule has 3 nitrogen and oxygen atoms in total. The molecule has 27 heavy (non-hydrogen) atoms. The van der Waals surface area contributed by atoms with Crippen LogP contribution in [0.3, 0.4) is 0 Å². The zero-order valence-electron chi connectivity index (χ0n) is 15.8. The van der Waals surface area contributed by atoms with Crippen molar-refractivity contribution in [2.75, 3.05) is 7.11 Å². The molecule has 2 aromatic carbocycles. The average Bonchev–Trinajstić information content (AvgIpc) is 3.16. The van der Waals surface area contributed by atoms with E-state index in [1.54, 1.807) is 7.11 Å². The average molecular weight is 375 g/mol. The van der Waals surface area contributed by atoms with Crippen molar-refractivity contribution in [3.63, 3.8) is 0 Å². The second-order valence-electron chi connectivity index (χ2n) is 6.74. The lowest BCUT2D eigenvalue weighted by atomic mass is 10.0. The molecule has 0 bridgehead atoms. The van der Waals surface area contributed by atoms with Gasteiger partial charge in [-0.15, -0.1) is 11.3 Å². The normalized spacial score (nSPS) is 11.4. The SMILES string of the molecule is COc1ccccc1C=C(C#N)c1nc(-c2ccc(CC(C)C)cc2)cs1. The third kappa shape index (κ3) is 4.64. The molecule has 0 radical (unpaired) electrons. The summed E-state index contributed by atoms with van der Waals surface area (Å²) in [5.41, 5.74) is 4.70. The van der Waals surface area contributed by atoms with E-state index in [-0.39, 0.29) is 0 Å². The molecule has 0 aliphatic rings. The van der Waals surface area contributed by atoms with Crippen molar-refractivity contribution in [2.24, 2.45) is 5.92 Å². The zero-order valence-corrected chi connectivity index (χ0v) is 16.6. The summed E-state index contributed by atoms with van der Waals surface area (Å²) in [6.45, 7) is 4.44. The summed E-state index contributed by atoms with van der Waals surface area (Å²) in [7, 11) is 1.63. The number of methoxy groups -OCH3 is 1. The molecule has 0 N–H and O–H groups in total. The molecular formula is C23H22N2OS. The van der Waals surface area contributed by atoms with Crippen molar-refractivity contribution in [2.45, 2.75) is 20.3 Å². The molecule has 0 aliphatic carbocycles. The largest absolute Gasteiger partial charge is 0.496 e. The molecular weight excluding hydrogens is 352 g/mol. The summed E-state index contributed by atoms with van der Waals surface area (Å²) in [6.07, 6.45) is 2.90. The minimum absolute atomic E-state index is 0.534. The van der Waals surface area contributed by atoms with Gasteiger partial charge in [0, 0.05) is 16.5 Å². The highest BCUT2D eigenvalue weighted by Crippen LogP contribution is 2.29. The van der Waals surface area contributed by atoms with Gasteiger partial charge in [0.05, 0.1) is 18.4 Å². The van der Waals surface area contributed by atoms with Gasteiger partial charge in [-0.2, -0.15) is 5.26 Å². The number of nitrogens with zero attached hydrogens (tertiary/aromatic N) is 2. The van der Waals surface area contributed by atoms with Crippen molar-refractivity contribution >= 4 is 23.0 Å². The number of thiazole rings is 1. The minimum Gasteiger partial charge on any atom is -0.496 e. The van der Waals surface area contributed by atoms with Gasteiger partial charge in [0.1, 0.15) is 16.8 Å². The van der Waals surface area contributed by atoms with E-state index < -0.39 is 0 Å². The molecule has 0 amide bonds. The molecule has 1 aromatic heterocycles. The molecule has 0 saturated heterocycles. The lowest BCUT2D eigenvalue weighted by Gasteiger charge is -2.05. The van der Waals surface area contributed by atoms with Crippen LogP contribution < -0.4 is 4.74 Å². The van der Waals surface area contributed by atoms with Crippen molar-refractivity contribution in [1.82, 2.24) is 4.98 Å². The maximum absolute atomic E-state index is 9.61. The monoisotopic (exact) mass is 374 g/mol. The van der Waals surface area contributed by atoms with Crippen LogP contribution in [0.25, 0.3) is 22.9 Å². The molecule has 0 aliphatic heterocycles. The summed E-state index contributed by atoms with van der Waals surface area (Å²) < 4.78 is 5.37. The van der Waals surface area contributed by atoms with Gasteiger partial charge in [-0.05, 0) is 30.0 Å². The topological polar surface area (TPSA) is 45.9 Å². The summed E-state index contributed by atoms with van der Waals surface area (Å²) in [4.78, 5) is 4.68.